The summed E-state index contributed by atoms with van der Waals surface area (Å²) in [5, 5.41) is 10.7. The maximum Gasteiger partial charge on any atom is 0.343 e. The number of halogens is 2. The van der Waals surface area contributed by atoms with Crippen LogP contribution in [0, 0.1) is 3.57 Å². The van der Waals surface area contributed by atoms with E-state index >= 15 is 0 Å². The van der Waals surface area contributed by atoms with E-state index in [0.29, 0.717) is 37.8 Å². The second kappa shape index (κ2) is 14.1. The Morgan fingerprint density at radius 2 is 1.85 bits per heavy atom. The van der Waals surface area contributed by atoms with Gasteiger partial charge in [-0.1, -0.05) is 23.7 Å². The molecule has 40 heavy (non-hydrogen) atoms. The number of thiazole rings is 1. The lowest BCUT2D eigenvalue weighted by atomic mass is 10.1. The summed E-state index contributed by atoms with van der Waals surface area (Å²) in [5.74, 6) is 0.0309. The number of ether oxygens (including phenoxy) is 3. The predicted molar refractivity (Wildman–Crippen MR) is 165 cm³/mol. The Labute approximate surface area is 253 Å². The van der Waals surface area contributed by atoms with Crippen LogP contribution in [0.4, 0.5) is 10.8 Å². The summed E-state index contributed by atoms with van der Waals surface area (Å²) in [6, 6.07) is 18.0. The molecule has 1 heterocycles. The molecule has 0 aliphatic carbocycles. The Hall–Kier alpha value is -3.68. The number of amides is 1. The monoisotopic (exact) mass is 690 g/mol. The molecule has 0 saturated carbocycles. The average molecular weight is 691 g/mol. The highest BCUT2D eigenvalue weighted by Crippen LogP contribution is 2.34. The van der Waals surface area contributed by atoms with Crippen LogP contribution in [0.25, 0.3) is 11.3 Å². The summed E-state index contributed by atoms with van der Waals surface area (Å²) in [5.41, 5.74) is 6.24. The molecule has 12 heteroatoms. The van der Waals surface area contributed by atoms with Gasteiger partial charge in [0.2, 0.25) is 0 Å². The zero-order valence-electron chi connectivity index (χ0n) is 21.4. The Bertz CT molecular complexity index is 1510. The van der Waals surface area contributed by atoms with Crippen LogP contribution in [0.2, 0.25) is 5.02 Å². The van der Waals surface area contributed by atoms with Gasteiger partial charge in [-0.05, 0) is 83.6 Å². The number of carbonyl (C=O) groups excluding carboxylic acids is 2. The second-order valence-electron chi connectivity index (χ2n) is 8.07. The fraction of sp³-hybridized carbons (Fsp3) is 0.143. The van der Waals surface area contributed by atoms with Gasteiger partial charge in [-0.25, -0.2) is 15.2 Å². The van der Waals surface area contributed by atoms with Crippen molar-refractivity contribution in [1.82, 2.24) is 10.4 Å². The number of hydrogen-bond donors (Lipinski definition) is 2. The largest absolute Gasteiger partial charge is 0.490 e. The molecule has 0 aliphatic heterocycles. The van der Waals surface area contributed by atoms with E-state index in [0.717, 1.165) is 22.1 Å². The van der Waals surface area contributed by atoms with Gasteiger partial charge < -0.3 is 19.5 Å². The molecule has 4 aromatic rings. The van der Waals surface area contributed by atoms with Crippen LogP contribution in [0.5, 0.6) is 11.5 Å². The van der Waals surface area contributed by atoms with E-state index in [1.54, 1.807) is 24.3 Å². The Morgan fingerprint density at radius 3 is 2.55 bits per heavy atom. The highest BCUT2D eigenvalue weighted by atomic mass is 127. The number of esters is 1. The zero-order chi connectivity index (χ0) is 28.5. The minimum absolute atomic E-state index is 0.237. The van der Waals surface area contributed by atoms with Gasteiger partial charge in [-0.2, -0.15) is 5.10 Å². The number of rotatable bonds is 11. The molecule has 4 rings (SSSR count). The van der Waals surface area contributed by atoms with Crippen LogP contribution in [-0.4, -0.2) is 43.4 Å². The smallest absolute Gasteiger partial charge is 0.343 e. The number of anilines is 2. The number of nitrogens with zero attached hydrogens (tertiary/aromatic N) is 2. The van der Waals surface area contributed by atoms with E-state index in [1.165, 1.54) is 24.7 Å². The number of hydrogen-bond acceptors (Lipinski definition) is 9. The Morgan fingerprint density at radius 1 is 1.10 bits per heavy atom. The van der Waals surface area contributed by atoms with Crippen molar-refractivity contribution in [2.75, 3.05) is 25.6 Å². The van der Waals surface area contributed by atoms with Crippen LogP contribution in [0.3, 0.4) is 0 Å². The van der Waals surface area contributed by atoms with Crippen molar-refractivity contribution in [3.05, 3.63) is 85.8 Å². The molecule has 0 radical (unpaired) electrons. The number of hydrazone groups is 1. The number of carbonyl (C=O) groups is 2. The van der Waals surface area contributed by atoms with Crippen molar-refractivity contribution >= 4 is 74.4 Å². The van der Waals surface area contributed by atoms with Gasteiger partial charge in [0, 0.05) is 27.2 Å². The van der Waals surface area contributed by atoms with Gasteiger partial charge in [0.05, 0.1) is 29.2 Å². The maximum atomic E-state index is 12.6. The fourth-order valence-electron chi connectivity index (χ4n) is 3.40. The first-order valence-electron chi connectivity index (χ1n) is 11.9. The topological polar surface area (TPSA) is 111 Å². The van der Waals surface area contributed by atoms with Gasteiger partial charge in [0.1, 0.15) is 0 Å². The molecule has 0 bridgehead atoms. The van der Waals surface area contributed by atoms with Gasteiger partial charge in [0.25, 0.3) is 5.91 Å². The predicted octanol–water partition coefficient (Wildman–Crippen LogP) is 6.53. The minimum atomic E-state index is -0.498. The highest BCUT2D eigenvalue weighted by molar-refractivity contribution is 14.1. The first-order chi connectivity index (χ1) is 19.4. The third-order valence-corrected chi connectivity index (χ3v) is 7.13. The van der Waals surface area contributed by atoms with Crippen molar-refractivity contribution in [3.8, 4) is 22.8 Å². The van der Waals surface area contributed by atoms with Gasteiger partial charge in [-0.3, -0.25) is 4.79 Å². The van der Waals surface area contributed by atoms with E-state index < -0.39 is 5.97 Å². The second-order valence-corrected chi connectivity index (χ2v) is 10.5. The first kappa shape index (κ1) is 29.3. The molecule has 0 fully saturated rings. The van der Waals surface area contributed by atoms with Gasteiger partial charge in [0.15, 0.2) is 23.2 Å². The summed E-state index contributed by atoms with van der Waals surface area (Å²) < 4.78 is 16.6. The fourth-order valence-corrected chi connectivity index (χ4v) is 5.05. The SMILES string of the molecule is CCOc1cc(/C=N\NC(=O)c2ccc(-c3csc(Nc4ccc(Cl)cc4)n3)cc2)cc(I)c1OCC(=O)OC. The van der Waals surface area contributed by atoms with Crippen molar-refractivity contribution in [1.29, 1.82) is 0 Å². The molecule has 1 aromatic heterocycles. The summed E-state index contributed by atoms with van der Waals surface area (Å²) in [6.07, 6.45) is 1.51. The van der Waals surface area contributed by atoms with E-state index in [4.69, 9.17) is 21.1 Å². The van der Waals surface area contributed by atoms with Crippen molar-refractivity contribution in [2.24, 2.45) is 5.10 Å². The van der Waals surface area contributed by atoms with Crippen LogP contribution in [0.15, 0.2) is 71.1 Å². The molecular weight excluding hydrogens is 667 g/mol. The lowest BCUT2D eigenvalue weighted by Crippen LogP contribution is -2.17. The summed E-state index contributed by atoms with van der Waals surface area (Å²) >= 11 is 9.50. The van der Waals surface area contributed by atoms with Crippen LogP contribution in [0.1, 0.15) is 22.8 Å². The molecule has 0 spiro atoms. The highest BCUT2D eigenvalue weighted by Gasteiger charge is 2.14. The molecular formula is C28H24ClIN4O5S. The van der Waals surface area contributed by atoms with E-state index in [-0.39, 0.29) is 12.5 Å². The third-order valence-electron chi connectivity index (χ3n) is 5.32. The number of nitrogens with one attached hydrogen (secondary N) is 2. The Balaban J connectivity index is 1.37. The van der Waals surface area contributed by atoms with E-state index in [1.807, 2.05) is 48.7 Å². The summed E-state index contributed by atoms with van der Waals surface area (Å²) in [7, 11) is 1.29. The molecule has 3 aromatic carbocycles. The Kier molecular flexibility index (Phi) is 10.3. The van der Waals surface area contributed by atoms with E-state index in [9.17, 15) is 9.59 Å². The van der Waals surface area contributed by atoms with Crippen molar-refractivity contribution in [3.63, 3.8) is 0 Å². The van der Waals surface area contributed by atoms with Crippen LogP contribution in [-0.2, 0) is 9.53 Å². The van der Waals surface area contributed by atoms with E-state index in [2.05, 4.69) is 48.2 Å². The van der Waals surface area contributed by atoms with Crippen molar-refractivity contribution in [2.45, 2.75) is 6.92 Å². The number of benzene rings is 3. The molecule has 0 saturated heterocycles. The standard InChI is InChI=1S/C28H24ClIN4O5S/c1-3-38-24-13-17(12-22(30)26(24)39-15-25(35)37-2)14-31-34-27(36)19-6-4-18(5-7-19)23-16-40-28(33-23)32-21-10-8-20(29)9-11-21/h4-14,16H,3,15H2,1-2H3,(H,32,33)(H,34,36)/b31-14-. The molecule has 2 N–H and O–H groups in total. The summed E-state index contributed by atoms with van der Waals surface area (Å²) in [6.45, 7) is 2.01. The van der Waals surface area contributed by atoms with Crippen LogP contribution >= 0.6 is 45.5 Å². The molecule has 9 nitrogen and oxygen atoms in total. The molecule has 0 atom stereocenters. The lowest BCUT2D eigenvalue weighted by Gasteiger charge is -2.14. The van der Waals surface area contributed by atoms with Gasteiger partial charge >= 0.3 is 5.97 Å². The quantitative estimate of drug-likeness (QED) is 0.0798. The molecule has 1 amide bonds. The average Bonchev–Trinajstić information content (AvgIpc) is 3.42. The maximum absolute atomic E-state index is 12.6. The lowest BCUT2D eigenvalue weighted by molar-refractivity contribution is -0.142. The minimum Gasteiger partial charge on any atom is -0.490 e. The molecule has 0 aliphatic rings. The number of methoxy groups -OCH3 is 1. The third kappa shape index (κ3) is 7.93. The summed E-state index contributed by atoms with van der Waals surface area (Å²) in [4.78, 5) is 28.7. The molecule has 0 unspecified atom stereocenters. The zero-order valence-corrected chi connectivity index (χ0v) is 25.2. The molecule has 206 valence electrons. The van der Waals surface area contributed by atoms with Crippen LogP contribution < -0.4 is 20.2 Å². The first-order valence-corrected chi connectivity index (χ1v) is 14.3. The van der Waals surface area contributed by atoms with Crippen molar-refractivity contribution < 1.29 is 23.8 Å². The van der Waals surface area contributed by atoms with Gasteiger partial charge in [-0.15, -0.1) is 11.3 Å². The normalized spacial score (nSPS) is 10.8. The number of aromatic nitrogens is 1.